The van der Waals surface area contributed by atoms with E-state index in [9.17, 15) is 0 Å². The van der Waals surface area contributed by atoms with Gasteiger partial charge in [0, 0.05) is 0 Å². The Bertz CT molecular complexity index is 170. The molecule has 0 aromatic carbocycles. The average Bonchev–Trinajstić information content (AvgIpc) is 1.70. The summed E-state index contributed by atoms with van der Waals surface area (Å²) >= 11 is -2.18. The van der Waals surface area contributed by atoms with E-state index in [2.05, 4.69) is 0 Å². The van der Waals surface area contributed by atoms with Crippen LogP contribution >= 0.6 is 0 Å². The fourth-order valence-corrected chi connectivity index (χ4v) is 3.00. The van der Waals surface area contributed by atoms with Gasteiger partial charge in [-0.3, -0.25) is 0 Å². The summed E-state index contributed by atoms with van der Waals surface area (Å²) in [5, 5.41) is 0. The van der Waals surface area contributed by atoms with Crippen LogP contribution in [0.4, 0.5) is 0 Å². The van der Waals surface area contributed by atoms with Gasteiger partial charge in [0.2, 0.25) is 0 Å². The van der Waals surface area contributed by atoms with Crippen LogP contribution in [0.2, 0.25) is 0 Å². The predicted octanol–water partition coefficient (Wildman–Crippen LogP) is 3.79. The predicted molar refractivity (Wildman–Crippen MR) is 62.5 cm³/mol. The molecule has 0 aliphatic heterocycles. The Kier molecular flexibility index (Phi) is 5.56. The molecule has 0 bridgehead atoms. The second-order valence-corrected chi connectivity index (χ2v) is 8.39. The van der Waals surface area contributed by atoms with Crippen LogP contribution in [-0.4, -0.2) is 16.8 Å². The zero-order valence-electron chi connectivity index (χ0n) is 12.2. The summed E-state index contributed by atoms with van der Waals surface area (Å²) in [6.45, 7) is 18.2. The van der Waals surface area contributed by atoms with Crippen LogP contribution in [0.25, 0.3) is 0 Å². The van der Waals surface area contributed by atoms with Gasteiger partial charge in [0.1, 0.15) is 0 Å². The van der Waals surface area contributed by atoms with Crippen molar-refractivity contribution in [3.8, 4) is 0 Å². The molecule has 0 saturated carbocycles. The molecule has 0 heterocycles. The molecule has 0 aromatic heterocycles. The van der Waals surface area contributed by atoms with E-state index in [0.29, 0.717) is 0 Å². The molecule has 0 N–H and O–H groups in total. The molecule has 96 valence electrons. The van der Waals surface area contributed by atoms with Crippen molar-refractivity contribution in [2.45, 2.75) is 79.1 Å². The van der Waals surface area contributed by atoms with Gasteiger partial charge in [0.05, 0.1) is 0 Å². The van der Waals surface area contributed by atoms with Crippen molar-refractivity contribution in [3.05, 3.63) is 0 Å². The molecule has 16 heavy (non-hydrogen) atoms. The first-order valence-corrected chi connectivity index (χ1v) is 7.37. The quantitative estimate of drug-likeness (QED) is 0.780. The topological polar surface area (TPSA) is 27.7 Å². The van der Waals surface area contributed by atoms with E-state index in [0.717, 1.165) is 0 Å². The van der Waals surface area contributed by atoms with Crippen LogP contribution in [0.15, 0.2) is 0 Å². The number of hydrogen-bond acceptors (Lipinski definition) is 3. The minimum absolute atomic E-state index is 0.226. The van der Waals surface area contributed by atoms with Gasteiger partial charge in [-0.2, -0.15) is 0 Å². The Morgan fingerprint density at radius 2 is 0.688 bits per heavy atom. The summed E-state index contributed by atoms with van der Waals surface area (Å²) in [5.74, 6) is 0. The van der Waals surface area contributed by atoms with Crippen LogP contribution in [0, 0.1) is 0 Å². The van der Waals surface area contributed by atoms with Crippen LogP contribution in [0.3, 0.4) is 0 Å². The third kappa shape index (κ3) is 11.0. The van der Waals surface area contributed by atoms with Crippen molar-refractivity contribution < 1.29 is 27.2 Å². The Hall–Kier alpha value is 0.464. The first-order chi connectivity index (χ1) is 6.79. The van der Waals surface area contributed by atoms with Gasteiger partial charge >= 0.3 is 106 Å². The molecule has 0 radical (unpaired) electrons. The second-order valence-electron chi connectivity index (χ2n) is 6.83. The molecule has 0 fully saturated rings. The van der Waals surface area contributed by atoms with E-state index in [4.69, 9.17) is 11.0 Å². The van der Waals surface area contributed by atoms with Gasteiger partial charge in [0.25, 0.3) is 0 Å². The molecule has 0 amide bonds. The monoisotopic (exact) mass is 270 g/mol. The van der Waals surface area contributed by atoms with Crippen molar-refractivity contribution in [2.24, 2.45) is 0 Å². The van der Waals surface area contributed by atoms with Crippen molar-refractivity contribution in [3.63, 3.8) is 0 Å². The number of rotatable bonds is 3. The first-order valence-electron chi connectivity index (χ1n) is 5.66. The molecule has 0 atom stereocenters. The minimum atomic E-state index is -2.18. The van der Waals surface area contributed by atoms with Crippen LogP contribution in [0.1, 0.15) is 62.3 Å². The summed E-state index contributed by atoms with van der Waals surface area (Å²) in [4.78, 5) is 0. The maximum atomic E-state index is 5.89. The molecular formula is C12H27O3V+2. The van der Waals surface area contributed by atoms with Gasteiger partial charge in [-0.15, -0.1) is 0 Å². The molecule has 4 heteroatoms. The summed E-state index contributed by atoms with van der Waals surface area (Å²) in [5.41, 5.74) is -0.677. The van der Waals surface area contributed by atoms with E-state index in [1.807, 2.05) is 62.3 Å². The Morgan fingerprint density at radius 1 is 0.500 bits per heavy atom. The summed E-state index contributed by atoms with van der Waals surface area (Å²) in [6, 6.07) is 0. The average molecular weight is 270 g/mol. The summed E-state index contributed by atoms with van der Waals surface area (Å²) in [7, 11) is 0. The summed E-state index contributed by atoms with van der Waals surface area (Å²) < 4.78 is 17.7. The van der Waals surface area contributed by atoms with Crippen molar-refractivity contribution in [2.75, 3.05) is 0 Å². The second kappa shape index (κ2) is 5.41. The summed E-state index contributed by atoms with van der Waals surface area (Å²) in [6.07, 6.45) is 0. The molecule has 0 unspecified atom stereocenters. The molecule has 0 aromatic rings. The molecule has 3 nitrogen and oxygen atoms in total. The van der Waals surface area contributed by atoms with E-state index >= 15 is 0 Å². The molecule has 0 aliphatic rings. The molecular weight excluding hydrogens is 243 g/mol. The van der Waals surface area contributed by atoms with E-state index < -0.39 is 16.2 Å². The Balaban J connectivity index is 4.53. The molecule has 0 aliphatic carbocycles. The molecule has 0 spiro atoms. The van der Waals surface area contributed by atoms with Crippen molar-refractivity contribution in [1.29, 1.82) is 0 Å². The van der Waals surface area contributed by atoms with Crippen LogP contribution < -0.4 is 0 Å². The maximum absolute atomic E-state index is 5.89. The zero-order chi connectivity index (χ0) is 13.2. The normalized spacial score (nSPS) is 14.1. The van der Waals surface area contributed by atoms with E-state index in [1.54, 1.807) is 0 Å². The van der Waals surface area contributed by atoms with Gasteiger partial charge in [0.15, 0.2) is 0 Å². The van der Waals surface area contributed by atoms with Crippen LogP contribution in [-0.2, 0) is 27.2 Å². The Morgan fingerprint density at radius 3 is 0.812 bits per heavy atom. The third-order valence-corrected chi connectivity index (χ3v) is 4.31. The van der Waals surface area contributed by atoms with Gasteiger partial charge in [-0.25, -0.2) is 0 Å². The fraction of sp³-hybridized carbons (Fsp3) is 1.00. The van der Waals surface area contributed by atoms with Gasteiger partial charge < -0.3 is 0 Å². The zero-order valence-corrected chi connectivity index (χ0v) is 13.6. The van der Waals surface area contributed by atoms with E-state index in [1.165, 1.54) is 0 Å². The van der Waals surface area contributed by atoms with E-state index in [-0.39, 0.29) is 16.8 Å². The van der Waals surface area contributed by atoms with Crippen molar-refractivity contribution in [1.82, 2.24) is 0 Å². The SMILES string of the molecule is CC(C)(C)[O][V+2]([O]C(C)(C)C)[O]C(C)(C)C. The van der Waals surface area contributed by atoms with Gasteiger partial charge in [-0.05, 0) is 0 Å². The standard InChI is InChI=1S/3C4H9O.V/c3*1-4(2,3)5;/h3*1-3H3;/q3*-1;+5. The fourth-order valence-electron chi connectivity index (χ4n) is 0.727. The van der Waals surface area contributed by atoms with Crippen molar-refractivity contribution >= 4 is 0 Å². The molecule has 0 rings (SSSR count). The number of hydrogen-bond donors (Lipinski definition) is 0. The van der Waals surface area contributed by atoms with Gasteiger partial charge in [-0.1, -0.05) is 0 Å². The van der Waals surface area contributed by atoms with Crippen LogP contribution in [0.5, 0.6) is 0 Å². The molecule has 0 saturated heterocycles. The Labute approximate surface area is 106 Å². The first kappa shape index (κ1) is 16.5. The third-order valence-electron chi connectivity index (χ3n) is 1.05.